The maximum atomic E-state index is 12.1. The third kappa shape index (κ3) is 2.18. The molecular formula is C15H19N3O2. The van der Waals surface area contributed by atoms with Crippen LogP contribution >= 0.6 is 0 Å². The Hall–Kier alpha value is -1.88. The molecule has 0 unspecified atom stereocenters. The minimum absolute atomic E-state index is 0.0266. The van der Waals surface area contributed by atoms with Crippen LogP contribution in [0.2, 0.25) is 0 Å². The lowest BCUT2D eigenvalue weighted by Gasteiger charge is -2.49. The number of hydrogen-bond donors (Lipinski definition) is 1. The number of amides is 1. The van der Waals surface area contributed by atoms with E-state index in [4.69, 9.17) is 0 Å². The molecule has 5 nitrogen and oxygen atoms in total. The van der Waals surface area contributed by atoms with Gasteiger partial charge in [-0.1, -0.05) is 19.9 Å². The van der Waals surface area contributed by atoms with Crippen molar-refractivity contribution in [2.24, 2.45) is 5.92 Å². The van der Waals surface area contributed by atoms with E-state index in [0.717, 1.165) is 11.3 Å². The molecule has 0 atom stereocenters. The van der Waals surface area contributed by atoms with Crippen molar-refractivity contribution < 1.29 is 9.90 Å². The van der Waals surface area contributed by atoms with Crippen molar-refractivity contribution in [1.82, 2.24) is 14.3 Å². The van der Waals surface area contributed by atoms with E-state index in [9.17, 15) is 9.90 Å². The van der Waals surface area contributed by atoms with Gasteiger partial charge in [0.25, 0.3) is 0 Å². The fourth-order valence-corrected chi connectivity index (χ4v) is 2.50. The highest BCUT2D eigenvalue weighted by Gasteiger charge is 2.45. The number of β-amino-alcohol motifs (C(OH)–C–C–N with tert-alkyl or cyclic N) is 1. The molecule has 3 heterocycles. The Balaban J connectivity index is 1.65. The molecule has 1 aliphatic heterocycles. The van der Waals surface area contributed by atoms with Gasteiger partial charge in [-0.2, -0.15) is 0 Å². The van der Waals surface area contributed by atoms with Crippen molar-refractivity contribution in [2.45, 2.75) is 25.9 Å². The lowest BCUT2D eigenvalue weighted by molar-refractivity contribution is -0.163. The Kier molecular flexibility index (Phi) is 3.01. The largest absolute Gasteiger partial charge is 0.386 e. The number of hydrogen-bond acceptors (Lipinski definition) is 3. The van der Waals surface area contributed by atoms with Crippen LogP contribution in [0.25, 0.3) is 5.65 Å². The summed E-state index contributed by atoms with van der Waals surface area (Å²) in [5.74, 6) is 0.195. The molecule has 0 radical (unpaired) electrons. The fourth-order valence-electron chi connectivity index (χ4n) is 2.50. The van der Waals surface area contributed by atoms with Gasteiger partial charge in [-0.05, 0) is 18.1 Å². The summed E-state index contributed by atoms with van der Waals surface area (Å²) in [6.07, 6.45) is 4.08. The number of fused-ring (bicyclic) bond motifs is 1. The zero-order valence-electron chi connectivity index (χ0n) is 11.8. The molecule has 3 rings (SSSR count). The smallest absolute Gasteiger partial charge is 0.228 e. The molecule has 20 heavy (non-hydrogen) atoms. The van der Waals surface area contributed by atoms with Crippen molar-refractivity contribution in [3.05, 3.63) is 36.3 Å². The number of aliphatic hydroxyl groups is 1. The van der Waals surface area contributed by atoms with Crippen LogP contribution in [-0.2, 0) is 11.2 Å². The SMILES string of the molecule is CC(C)C1(O)CN(C(=O)Cc2cn3ccccc3n2)C1. The van der Waals surface area contributed by atoms with Crippen molar-refractivity contribution in [1.29, 1.82) is 0 Å². The summed E-state index contributed by atoms with van der Waals surface area (Å²) >= 11 is 0. The summed E-state index contributed by atoms with van der Waals surface area (Å²) in [4.78, 5) is 18.3. The lowest BCUT2D eigenvalue weighted by atomic mass is 9.83. The number of carbonyl (C=O) groups excluding carboxylic acids is 1. The Morgan fingerprint density at radius 2 is 2.20 bits per heavy atom. The van der Waals surface area contributed by atoms with Crippen molar-refractivity contribution in [3.63, 3.8) is 0 Å². The first-order chi connectivity index (χ1) is 9.48. The van der Waals surface area contributed by atoms with E-state index in [1.807, 2.05) is 48.8 Å². The van der Waals surface area contributed by atoms with Gasteiger partial charge in [0.15, 0.2) is 0 Å². The highest BCUT2D eigenvalue weighted by atomic mass is 16.3. The second-order valence-electron chi connectivity index (χ2n) is 5.88. The zero-order chi connectivity index (χ0) is 14.3. The Morgan fingerprint density at radius 3 is 2.85 bits per heavy atom. The maximum Gasteiger partial charge on any atom is 0.228 e. The second kappa shape index (κ2) is 4.59. The first-order valence-corrected chi connectivity index (χ1v) is 6.91. The van der Waals surface area contributed by atoms with E-state index in [2.05, 4.69) is 4.98 Å². The van der Waals surface area contributed by atoms with Gasteiger partial charge in [-0.3, -0.25) is 4.79 Å². The van der Waals surface area contributed by atoms with Crippen molar-refractivity contribution in [2.75, 3.05) is 13.1 Å². The third-order valence-electron chi connectivity index (χ3n) is 4.10. The number of aromatic nitrogens is 2. The topological polar surface area (TPSA) is 57.8 Å². The van der Waals surface area contributed by atoms with Crippen LogP contribution in [0.4, 0.5) is 0 Å². The summed E-state index contributed by atoms with van der Waals surface area (Å²) in [5, 5.41) is 10.2. The Bertz CT molecular complexity index is 608. The number of pyridine rings is 1. The van der Waals surface area contributed by atoms with E-state index in [1.54, 1.807) is 4.90 Å². The second-order valence-corrected chi connectivity index (χ2v) is 5.88. The molecule has 2 aromatic heterocycles. The quantitative estimate of drug-likeness (QED) is 0.911. The number of carbonyl (C=O) groups is 1. The maximum absolute atomic E-state index is 12.1. The van der Waals surface area contributed by atoms with Crippen LogP contribution in [0, 0.1) is 5.92 Å². The number of imidazole rings is 1. The Labute approximate surface area is 117 Å². The van der Waals surface area contributed by atoms with E-state index >= 15 is 0 Å². The van der Waals surface area contributed by atoms with Gasteiger partial charge in [0, 0.05) is 12.4 Å². The molecule has 2 aromatic rings. The van der Waals surface area contributed by atoms with Crippen LogP contribution in [0.1, 0.15) is 19.5 Å². The van der Waals surface area contributed by atoms with E-state index < -0.39 is 5.60 Å². The molecule has 106 valence electrons. The summed E-state index contributed by atoms with van der Waals surface area (Å²) in [6, 6.07) is 5.76. The van der Waals surface area contributed by atoms with Gasteiger partial charge in [-0.15, -0.1) is 0 Å². The predicted molar refractivity (Wildman–Crippen MR) is 75.3 cm³/mol. The summed E-state index contributed by atoms with van der Waals surface area (Å²) in [5.41, 5.74) is 0.896. The molecule has 5 heteroatoms. The summed E-state index contributed by atoms with van der Waals surface area (Å²) < 4.78 is 1.91. The van der Waals surface area contributed by atoms with Gasteiger partial charge < -0.3 is 14.4 Å². The molecule has 0 bridgehead atoms. The van der Waals surface area contributed by atoms with Crippen molar-refractivity contribution >= 4 is 11.6 Å². The number of likely N-dealkylation sites (tertiary alicyclic amines) is 1. The van der Waals surface area contributed by atoms with E-state index in [1.165, 1.54) is 0 Å². The average Bonchev–Trinajstić information content (AvgIpc) is 2.76. The monoisotopic (exact) mass is 273 g/mol. The molecular weight excluding hydrogens is 254 g/mol. The van der Waals surface area contributed by atoms with Gasteiger partial charge in [0.05, 0.1) is 25.2 Å². The zero-order valence-corrected chi connectivity index (χ0v) is 11.8. The molecule has 1 fully saturated rings. The normalized spacial score (nSPS) is 17.5. The summed E-state index contributed by atoms with van der Waals surface area (Å²) in [6.45, 7) is 4.81. The Morgan fingerprint density at radius 1 is 1.45 bits per heavy atom. The molecule has 1 aliphatic rings. The third-order valence-corrected chi connectivity index (χ3v) is 4.10. The van der Waals surface area contributed by atoms with E-state index in [0.29, 0.717) is 13.1 Å². The van der Waals surface area contributed by atoms with Crippen molar-refractivity contribution in [3.8, 4) is 0 Å². The van der Waals surface area contributed by atoms with Gasteiger partial charge in [0.1, 0.15) is 11.2 Å². The van der Waals surface area contributed by atoms with Gasteiger partial charge in [0.2, 0.25) is 5.91 Å². The van der Waals surface area contributed by atoms with Crippen LogP contribution in [0.15, 0.2) is 30.6 Å². The molecule has 0 saturated carbocycles. The molecule has 1 saturated heterocycles. The molecule has 0 aliphatic carbocycles. The molecule has 1 amide bonds. The van der Waals surface area contributed by atoms with E-state index in [-0.39, 0.29) is 18.2 Å². The lowest BCUT2D eigenvalue weighted by Crippen LogP contribution is -2.66. The molecule has 1 N–H and O–H groups in total. The highest BCUT2D eigenvalue weighted by Crippen LogP contribution is 2.28. The summed E-state index contributed by atoms with van der Waals surface area (Å²) in [7, 11) is 0. The van der Waals surface area contributed by atoms with Gasteiger partial charge >= 0.3 is 0 Å². The van der Waals surface area contributed by atoms with Crippen LogP contribution < -0.4 is 0 Å². The number of rotatable bonds is 3. The first kappa shape index (κ1) is 13.1. The standard InChI is InChI=1S/C15H19N3O2/c1-11(2)15(20)9-18(10-15)14(19)7-12-8-17-6-4-3-5-13(17)16-12/h3-6,8,11,20H,7,9-10H2,1-2H3. The minimum atomic E-state index is -0.714. The fraction of sp³-hybridized carbons (Fsp3) is 0.467. The molecule has 0 aromatic carbocycles. The number of nitrogens with zero attached hydrogens (tertiary/aromatic N) is 3. The van der Waals surface area contributed by atoms with Crippen LogP contribution in [0.5, 0.6) is 0 Å². The highest BCUT2D eigenvalue weighted by molar-refractivity contribution is 5.79. The van der Waals surface area contributed by atoms with Gasteiger partial charge in [-0.25, -0.2) is 4.98 Å². The predicted octanol–water partition coefficient (Wildman–Crippen LogP) is 1.11. The first-order valence-electron chi connectivity index (χ1n) is 6.91. The average molecular weight is 273 g/mol. The molecule has 0 spiro atoms. The minimum Gasteiger partial charge on any atom is -0.386 e. The van der Waals surface area contributed by atoms with Crippen LogP contribution in [0.3, 0.4) is 0 Å². The van der Waals surface area contributed by atoms with Crippen LogP contribution in [-0.4, -0.2) is 44.0 Å².